The Balaban J connectivity index is 2.04. The summed E-state index contributed by atoms with van der Waals surface area (Å²) in [7, 11) is 3.43. The second-order valence-corrected chi connectivity index (χ2v) is 8.70. The number of rotatable bonds is 5. The lowest BCUT2D eigenvalue weighted by Gasteiger charge is -2.36. The van der Waals surface area contributed by atoms with Crippen molar-refractivity contribution in [1.82, 2.24) is 15.1 Å². The van der Waals surface area contributed by atoms with Crippen molar-refractivity contribution in [2.45, 2.75) is 39.7 Å². The molecule has 2 unspecified atom stereocenters. The van der Waals surface area contributed by atoms with Gasteiger partial charge in [0.1, 0.15) is 11.6 Å². The van der Waals surface area contributed by atoms with Crippen LogP contribution in [-0.4, -0.2) is 55.3 Å². The molecule has 2 amide bonds. The third kappa shape index (κ3) is 5.28. The molecule has 1 aromatic rings. The molecule has 1 aromatic carbocycles. The number of carbonyl (C=O) groups is 2. The van der Waals surface area contributed by atoms with Crippen molar-refractivity contribution in [3.05, 3.63) is 35.4 Å². The fraction of sp³-hybridized carbons (Fsp3) is 0.619. The minimum atomic E-state index is -0.632. The van der Waals surface area contributed by atoms with Crippen LogP contribution in [0.5, 0.6) is 0 Å². The molecule has 0 bridgehead atoms. The van der Waals surface area contributed by atoms with E-state index in [4.69, 9.17) is 0 Å². The monoisotopic (exact) mass is 395 g/mol. The van der Waals surface area contributed by atoms with E-state index in [-0.39, 0.29) is 29.8 Å². The topological polar surface area (TPSA) is 52.7 Å². The van der Waals surface area contributed by atoms with Gasteiger partial charge in [-0.15, -0.1) is 0 Å². The van der Waals surface area contributed by atoms with Crippen molar-refractivity contribution >= 4 is 11.8 Å². The highest BCUT2D eigenvalue weighted by Gasteiger charge is 2.33. The van der Waals surface area contributed by atoms with Crippen LogP contribution >= 0.6 is 0 Å². The molecule has 2 atom stereocenters. The van der Waals surface area contributed by atoms with Crippen LogP contribution in [0.25, 0.3) is 0 Å². The third-order valence-electron chi connectivity index (χ3n) is 5.15. The Morgan fingerprint density at radius 3 is 2.39 bits per heavy atom. The minimum Gasteiger partial charge on any atom is -0.354 e. The SMILES string of the molecule is CN(C)C(CNC(=O)C1CCCN(C(=O)C(C)(C)C)C1)c1c(F)cccc1F. The first-order chi connectivity index (χ1) is 13.0. The molecule has 0 spiro atoms. The molecule has 28 heavy (non-hydrogen) atoms. The van der Waals surface area contributed by atoms with Gasteiger partial charge in [-0.3, -0.25) is 9.59 Å². The first kappa shape index (κ1) is 22.3. The Bertz CT molecular complexity index is 696. The molecule has 2 rings (SSSR count). The molecule has 0 radical (unpaired) electrons. The molecule has 0 aromatic heterocycles. The minimum absolute atomic E-state index is 0.0320. The number of nitrogens with zero attached hydrogens (tertiary/aromatic N) is 2. The summed E-state index contributed by atoms with van der Waals surface area (Å²) >= 11 is 0. The van der Waals surface area contributed by atoms with Crippen LogP contribution in [0.2, 0.25) is 0 Å². The first-order valence-electron chi connectivity index (χ1n) is 9.69. The van der Waals surface area contributed by atoms with Crippen LogP contribution in [0.15, 0.2) is 18.2 Å². The number of benzene rings is 1. The van der Waals surface area contributed by atoms with E-state index in [1.165, 1.54) is 18.2 Å². The van der Waals surface area contributed by atoms with Crippen LogP contribution in [0, 0.1) is 23.0 Å². The molecule has 5 nitrogen and oxygen atoms in total. The molecule has 0 saturated carbocycles. The van der Waals surface area contributed by atoms with Crippen LogP contribution in [0.3, 0.4) is 0 Å². The van der Waals surface area contributed by atoms with Gasteiger partial charge in [0.25, 0.3) is 0 Å². The van der Waals surface area contributed by atoms with Gasteiger partial charge in [0.15, 0.2) is 0 Å². The quantitative estimate of drug-likeness (QED) is 0.834. The Kier molecular flexibility index (Phi) is 7.15. The van der Waals surface area contributed by atoms with Crippen LogP contribution in [0.4, 0.5) is 8.78 Å². The number of likely N-dealkylation sites (N-methyl/N-ethyl adjacent to an activating group) is 1. The number of amides is 2. The highest BCUT2D eigenvalue weighted by Crippen LogP contribution is 2.26. The van der Waals surface area contributed by atoms with Crippen LogP contribution < -0.4 is 5.32 Å². The van der Waals surface area contributed by atoms with E-state index < -0.39 is 23.1 Å². The van der Waals surface area contributed by atoms with Crippen molar-refractivity contribution in [1.29, 1.82) is 0 Å². The highest BCUT2D eigenvalue weighted by atomic mass is 19.1. The van der Waals surface area contributed by atoms with Crippen LogP contribution in [-0.2, 0) is 9.59 Å². The van der Waals surface area contributed by atoms with Gasteiger partial charge < -0.3 is 15.1 Å². The summed E-state index contributed by atoms with van der Waals surface area (Å²) < 4.78 is 28.3. The summed E-state index contributed by atoms with van der Waals surface area (Å²) in [4.78, 5) is 28.6. The van der Waals surface area contributed by atoms with Gasteiger partial charge in [0, 0.05) is 30.6 Å². The average Bonchev–Trinajstić information content (AvgIpc) is 2.62. The smallest absolute Gasteiger partial charge is 0.227 e. The predicted octanol–water partition coefficient (Wildman–Crippen LogP) is 2.97. The van der Waals surface area contributed by atoms with E-state index in [2.05, 4.69) is 5.32 Å². The lowest BCUT2D eigenvalue weighted by atomic mass is 9.91. The lowest BCUT2D eigenvalue weighted by Crippen LogP contribution is -2.49. The van der Waals surface area contributed by atoms with E-state index >= 15 is 0 Å². The summed E-state index contributed by atoms with van der Waals surface area (Å²) in [5.74, 6) is -1.73. The number of nitrogens with one attached hydrogen (secondary N) is 1. The maximum atomic E-state index is 14.2. The summed E-state index contributed by atoms with van der Waals surface area (Å²) in [6, 6.07) is 3.13. The summed E-state index contributed by atoms with van der Waals surface area (Å²) in [6.07, 6.45) is 1.46. The van der Waals surface area contributed by atoms with Crippen molar-refractivity contribution in [2.24, 2.45) is 11.3 Å². The Morgan fingerprint density at radius 2 is 1.86 bits per heavy atom. The number of likely N-dealkylation sites (tertiary alicyclic amines) is 1. The number of hydrogen-bond acceptors (Lipinski definition) is 3. The van der Waals surface area contributed by atoms with Gasteiger partial charge in [-0.2, -0.15) is 0 Å². The molecule has 1 aliphatic rings. The molecule has 7 heteroatoms. The molecular formula is C21H31F2N3O2. The zero-order valence-corrected chi connectivity index (χ0v) is 17.4. The fourth-order valence-corrected chi connectivity index (χ4v) is 3.56. The molecular weight excluding hydrogens is 364 g/mol. The standard InChI is InChI=1S/C21H31F2N3O2/c1-21(2,3)20(28)26-11-7-8-14(13-26)19(27)24-12-17(25(4)5)18-15(22)9-6-10-16(18)23/h6,9-10,14,17H,7-8,11-13H2,1-5H3,(H,24,27). The van der Waals surface area contributed by atoms with Gasteiger partial charge in [0.2, 0.25) is 11.8 Å². The average molecular weight is 395 g/mol. The summed E-state index contributed by atoms with van der Waals surface area (Å²) in [5.41, 5.74) is -0.544. The van der Waals surface area contributed by atoms with Gasteiger partial charge in [-0.25, -0.2) is 8.78 Å². The molecule has 1 fully saturated rings. The van der Waals surface area contributed by atoms with Crippen molar-refractivity contribution < 1.29 is 18.4 Å². The van der Waals surface area contributed by atoms with Crippen molar-refractivity contribution in [2.75, 3.05) is 33.7 Å². The maximum absolute atomic E-state index is 14.2. The summed E-state index contributed by atoms with van der Waals surface area (Å²) in [6.45, 7) is 6.72. The van der Waals surface area contributed by atoms with E-state index in [0.717, 1.165) is 6.42 Å². The van der Waals surface area contributed by atoms with Gasteiger partial charge >= 0.3 is 0 Å². The Hall–Kier alpha value is -2.02. The molecule has 0 aliphatic carbocycles. The van der Waals surface area contributed by atoms with Crippen molar-refractivity contribution in [3.8, 4) is 0 Å². The molecule has 1 heterocycles. The molecule has 156 valence electrons. The maximum Gasteiger partial charge on any atom is 0.227 e. The van der Waals surface area contributed by atoms with E-state index in [0.29, 0.717) is 19.5 Å². The second-order valence-electron chi connectivity index (χ2n) is 8.70. The van der Waals surface area contributed by atoms with Gasteiger partial charge in [-0.05, 0) is 39.1 Å². The fourth-order valence-electron chi connectivity index (χ4n) is 3.56. The van der Waals surface area contributed by atoms with Crippen LogP contribution in [0.1, 0.15) is 45.2 Å². The van der Waals surface area contributed by atoms with Gasteiger partial charge in [0.05, 0.1) is 12.0 Å². The zero-order chi connectivity index (χ0) is 21.1. The normalized spacial score (nSPS) is 18.9. The second kappa shape index (κ2) is 8.99. The third-order valence-corrected chi connectivity index (χ3v) is 5.15. The predicted molar refractivity (Wildman–Crippen MR) is 105 cm³/mol. The number of hydrogen-bond donors (Lipinski definition) is 1. The molecule has 1 saturated heterocycles. The largest absolute Gasteiger partial charge is 0.354 e. The van der Waals surface area contributed by atoms with Crippen molar-refractivity contribution in [3.63, 3.8) is 0 Å². The van der Waals surface area contributed by atoms with E-state index in [1.54, 1.807) is 23.9 Å². The lowest BCUT2D eigenvalue weighted by molar-refractivity contribution is -0.142. The number of carbonyl (C=O) groups excluding carboxylic acids is 2. The molecule has 1 N–H and O–H groups in total. The summed E-state index contributed by atoms with van der Waals surface area (Å²) in [5, 5.41) is 2.83. The first-order valence-corrected chi connectivity index (χ1v) is 9.69. The Morgan fingerprint density at radius 1 is 1.25 bits per heavy atom. The highest BCUT2D eigenvalue weighted by molar-refractivity contribution is 5.83. The number of piperidine rings is 1. The van der Waals surface area contributed by atoms with E-state index in [9.17, 15) is 18.4 Å². The molecule has 1 aliphatic heterocycles. The van der Waals surface area contributed by atoms with Gasteiger partial charge in [-0.1, -0.05) is 26.8 Å². The Labute approximate surface area is 166 Å². The number of halogens is 2. The zero-order valence-electron chi connectivity index (χ0n) is 17.4. The van der Waals surface area contributed by atoms with E-state index in [1.807, 2.05) is 20.8 Å².